The van der Waals surface area contributed by atoms with E-state index in [1.807, 2.05) is 0 Å². The summed E-state index contributed by atoms with van der Waals surface area (Å²) < 4.78 is 22.5. The van der Waals surface area contributed by atoms with E-state index < -0.39 is 33.4 Å². The number of carboxylic acids is 1. The average molecular weight is 290 g/mol. The smallest absolute Gasteiger partial charge is 0.329 e. The normalized spacial score (nSPS) is 27.9. The molecule has 0 radical (unpaired) electrons. The number of urea groups is 1. The van der Waals surface area contributed by atoms with Crippen LogP contribution in [0.5, 0.6) is 0 Å². The van der Waals surface area contributed by atoms with Crippen molar-refractivity contribution in [3.05, 3.63) is 0 Å². The number of amides is 2. The molecule has 2 fully saturated rings. The van der Waals surface area contributed by atoms with Crippen LogP contribution in [-0.4, -0.2) is 48.6 Å². The number of rotatable bonds is 3. The fourth-order valence-corrected chi connectivity index (χ4v) is 4.39. The first-order valence-corrected chi connectivity index (χ1v) is 8.18. The molecule has 0 aromatic rings. The van der Waals surface area contributed by atoms with Gasteiger partial charge in [-0.3, -0.25) is 0 Å². The Labute approximate surface area is 111 Å². The van der Waals surface area contributed by atoms with Gasteiger partial charge in [-0.05, 0) is 19.3 Å². The van der Waals surface area contributed by atoms with Crippen LogP contribution in [0.3, 0.4) is 0 Å². The Balaban J connectivity index is 1.92. The highest BCUT2D eigenvalue weighted by Crippen LogP contribution is 2.29. The molecule has 8 heteroatoms. The minimum atomic E-state index is -3.06. The predicted octanol–water partition coefficient (Wildman–Crippen LogP) is -0.130. The molecule has 1 aliphatic carbocycles. The van der Waals surface area contributed by atoms with Gasteiger partial charge in [0.1, 0.15) is 5.54 Å². The zero-order valence-corrected chi connectivity index (χ0v) is 11.3. The molecule has 108 valence electrons. The standard InChI is InChI=1S/C11H18N2O5S/c14-9(15)11(4-1-2-5-11)13-10(16)12-8-3-6-19(17,18)7-8/h8H,1-7H2,(H,14,15)(H2,12,13,16). The summed E-state index contributed by atoms with van der Waals surface area (Å²) in [6.07, 6.45) is 2.75. The first-order valence-electron chi connectivity index (χ1n) is 6.35. The van der Waals surface area contributed by atoms with E-state index in [0.29, 0.717) is 19.3 Å². The van der Waals surface area contributed by atoms with Crippen LogP contribution in [-0.2, 0) is 14.6 Å². The van der Waals surface area contributed by atoms with Gasteiger partial charge < -0.3 is 15.7 Å². The van der Waals surface area contributed by atoms with Crippen LogP contribution in [0.4, 0.5) is 4.79 Å². The summed E-state index contributed by atoms with van der Waals surface area (Å²) in [6.45, 7) is 0. The summed E-state index contributed by atoms with van der Waals surface area (Å²) in [5.41, 5.74) is -1.19. The van der Waals surface area contributed by atoms with Gasteiger partial charge in [-0.25, -0.2) is 18.0 Å². The molecule has 0 bridgehead atoms. The highest BCUT2D eigenvalue weighted by molar-refractivity contribution is 7.91. The summed E-state index contributed by atoms with van der Waals surface area (Å²) in [5, 5.41) is 14.3. The van der Waals surface area contributed by atoms with E-state index in [1.54, 1.807) is 0 Å². The first-order chi connectivity index (χ1) is 8.83. The van der Waals surface area contributed by atoms with E-state index in [9.17, 15) is 23.1 Å². The monoisotopic (exact) mass is 290 g/mol. The van der Waals surface area contributed by atoms with Crippen LogP contribution in [0.25, 0.3) is 0 Å². The van der Waals surface area contributed by atoms with E-state index in [4.69, 9.17) is 0 Å². The lowest BCUT2D eigenvalue weighted by atomic mass is 9.98. The lowest BCUT2D eigenvalue weighted by Crippen LogP contribution is -2.57. The molecule has 1 saturated heterocycles. The summed E-state index contributed by atoms with van der Waals surface area (Å²) in [4.78, 5) is 23.1. The third kappa shape index (κ3) is 3.17. The lowest BCUT2D eigenvalue weighted by molar-refractivity contribution is -0.144. The van der Waals surface area contributed by atoms with Crippen LogP contribution in [0.2, 0.25) is 0 Å². The van der Waals surface area contributed by atoms with E-state index in [-0.39, 0.29) is 11.5 Å². The SMILES string of the molecule is O=C(NC1CCS(=O)(=O)C1)NC1(C(=O)O)CCCC1. The second-order valence-corrected chi connectivity index (χ2v) is 7.52. The van der Waals surface area contributed by atoms with Crippen LogP contribution in [0, 0.1) is 0 Å². The maximum absolute atomic E-state index is 11.8. The molecule has 2 aliphatic rings. The van der Waals surface area contributed by atoms with Crippen molar-refractivity contribution in [2.45, 2.75) is 43.7 Å². The summed E-state index contributed by atoms with van der Waals surface area (Å²) in [7, 11) is -3.06. The Morgan fingerprint density at radius 3 is 2.32 bits per heavy atom. The number of nitrogens with one attached hydrogen (secondary N) is 2. The molecule has 1 atom stereocenters. The fraction of sp³-hybridized carbons (Fsp3) is 0.818. The molecule has 0 spiro atoms. The van der Waals surface area contributed by atoms with E-state index in [0.717, 1.165) is 12.8 Å². The molecule has 3 N–H and O–H groups in total. The maximum atomic E-state index is 11.8. The maximum Gasteiger partial charge on any atom is 0.329 e. The molecule has 1 saturated carbocycles. The molecule has 2 rings (SSSR count). The number of carboxylic acid groups (broad SMARTS) is 1. The van der Waals surface area contributed by atoms with Crippen molar-refractivity contribution < 1.29 is 23.1 Å². The third-order valence-corrected chi connectivity index (χ3v) is 5.55. The molecule has 0 aromatic heterocycles. The summed E-state index contributed by atoms with van der Waals surface area (Å²) in [6, 6.07) is -1.01. The molecule has 0 aromatic carbocycles. The van der Waals surface area contributed by atoms with Gasteiger partial charge in [0.15, 0.2) is 9.84 Å². The number of hydrogen-bond donors (Lipinski definition) is 3. The Hall–Kier alpha value is -1.31. The first kappa shape index (κ1) is 14.1. The van der Waals surface area contributed by atoms with E-state index in [2.05, 4.69) is 10.6 Å². The van der Waals surface area contributed by atoms with Gasteiger partial charge >= 0.3 is 12.0 Å². The van der Waals surface area contributed by atoms with Gasteiger partial charge in [-0.15, -0.1) is 0 Å². The van der Waals surface area contributed by atoms with Crippen LogP contribution >= 0.6 is 0 Å². The van der Waals surface area contributed by atoms with Crippen LogP contribution < -0.4 is 10.6 Å². The van der Waals surface area contributed by atoms with Gasteiger partial charge in [-0.1, -0.05) is 12.8 Å². The molecular weight excluding hydrogens is 272 g/mol. The molecule has 1 heterocycles. The highest BCUT2D eigenvalue weighted by Gasteiger charge is 2.43. The van der Waals surface area contributed by atoms with Crippen molar-refractivity contribution >= 4 is 21.8 Å². The zero-order valence-electron chi connectivity index (χ0n) is 10.5. The summed E-state index contributed by atoms with van der Waals surface area (Å²) >= 11 is 0. The molecule has 1 aliphatic heterocycles. The number of hydrogen-bond acceptors (Lipinski definition) is 4. The fourth-order valence-electron chi connectivity index (χ4n) is 2.72. The average Bonchev–Trinajstić information content (AvgIpc) is 2.86. The molecule has 19 heavy (non-hydrogen) atoms. The number of sulfone groups is 1. The predicted molar refractivity (Wildman–Crippen MR) is 67.6 cm³/mol. The van der Waals surface area contributed by atoms with Crippen LogP contribution in [0.1, 0.15) is 32.1 Å². The van der Waals surface area contributed by atoms with Crippen molar-refractivity contribution in [1.82, 2.24) is 10.6 Å². The number of carbonyl (C=O) groups excluding carboxylic acids is 1. The Kier molecular flexibility index (Phi) is 3.71. The van der Waals surface area contributed by atoms with E-state index >= 15 is 0 Å². The Morgan fingerprint density at radius 1 is 1.21 bits per heavy atom. The van der Waals surface area contributed by atoms with Gasteiger partial charge in [0, 0.05) is 6.04 Å². The molecule has 2 amide bonds. The van der Waals surface area contributed by atoms with Crippen molar-refractivity contribution in [2.75, 3.05) is 11.5 Å². The van der Waals surface area contributed by atoms with Gasteiger partial charge in [0.25, 0.3) is 0 Å². The minimum absolute atomic E-state index is 0.0690. The second-order valence-electron chi connectivity index (χ2n) is 5.29. The Bertz CT molecular complexity index is 481. The summed E-state index contributed by atoms with van der Waals surface area (Å²) in [5.74, 6) is -1.03. The molecular formula is C11H18N2O5S. The lowest BCUT2D eigenvalue weighted by Gasteiger charge is -2.26. The van der Waals surface area contributed by atoms with E-state index in [1.165, 1.54) is 0 Å². The Morgan fingerprint density at radius 2 is 1.84 bits per heavy atom. The second kappa shape index (κ2) is 4.99. The van der Waals surface area contributed by atoms with Crippen molar-refractivity contribution in [3.63, 3.8) is 0 Å². The topological polar surface area (TPSA) is 113 Å². The minimum Gasteiger partial charge on any atom is -0.480 e. The van der Waals surface area contributed by atoms with Gasteiger partial charge in [0.2, 0.25) is 0 Å². The van der Waals surface area contributed by atoms with Crippen molar-refractivity contribution in [2.24, 2.45) is 0 Å². The zero-order chi connectivity index (χ0) is 14.1. The largest absolute Gasteiger partial charge is 0.480 e. The molecule has 7 nitrogen and oxygen atoms in total. The van der Waals surface area contributed by atoms with Gasteiger partial charge in [-0.2, -0.15) is 0 Å². The molecule has 1 unspecified atom stereocenters. The number of aliphatic carboxylic acids is 1. The number of carbonyl (C=O) groups is 2. The highest BCUT2D eigenvalue weighted by atomic mass is 32.2. The van der Waals surface area contributed by atoms with Crippen molar-refractivity contribution in [3.8, 4) is 0 Å². The van der Waals surface area contributed by atoms with Crippen molar-refractivity contribution in [1.29, 1.82) is 0 Å². The van der Waals surface area contributed by atoms with Crippen LogP contribution in [0.15, 0.2) is 0 Å². The van der Waals surface area contributed by atoms with Gasteiger partial charge in [0.05, 0.1) is 11.5 Å². The third-order valence-electron chi connectivity index (χ3n) is 3.79. The quantitative estimate of drug-likeness (QED) is 0.670.